The van der Waals surface area contributed by atoms with Crippen LogP contribution in [0.1, 0.15) is 27.7 Å². The Hall–Kier alpha value is -1.06. The third-order valence-corrected chi connectivity index (χ3v) is 1.12. The van der Waals surface area contributed by atoms with Crippen molar-refractivity contribution < 1.29 is 9.53 Å². The minimum absolute atomic E-state index is 0.0974. The van der Waals surface area contributed by atoms with Crippen LogP contribution in [-0.4, -0.2) is 31.0 Å². The number of ether oxygens (including phenoxy) is 1. The molecule has 0 heterocycles. The number of carbonyl (C=O) groups excluding carboxylic acids is 1. The number of nitrogens with zero attached hydrogens (tertiary/aromatic N) is 1. The van der Waals surface area contributed by atoms with Gasteiger partial charge in [-0.2, -0.15) is 0 Å². The lowest BCUT2D eigenvalue weighted by Crippen LogP contribution is -2.38. The van der Waals surface area contributed by atoms with Crippen LogP contribution in [0.25, 0.3) is 0 Å². The molecule has 4 nitrogen and oxygen atoms in total. The molecule has 0 radical (unpaired) electrons. The maximum atomic E-state index is 11.1. The van der Waals surface area contributed by atoms with Crippen molar-refractivity contribution >= 4 is 12.3 Å². The molecule has 1 N–H and O–H groups in total. The van der Waals surface area contributed by atoms with Crippen molar-refractivity contribution in [3.8, 4) is 0 Å². The molecule has 0 aliphatic heterocycles. The Labute approximate surface area is 79.4 Å². The summed E-state index contributed by atoms with van der Waals surface area (Å²) >= 11 is 0. The molecule has 0 fully saturated rings. The second kappa shape index (κ2) is 4.84. The number of hydrogen-bond donors (Lipinski definition) is 1. The first-order valence-electron chi connectivity index (χ1n) is 4.27. The Morgan fingerprint density at radius 2 is 2.08 bits per heavy atom. The number of carbonyl (C=O) groups is 1. The topological polar surface area (TPSA) is 50.7 Å². The van der Waals surface area contributed by atoms with Gasteiger partial charge in [-0.15, -0.1) is 0 Å². The first kappa shape index (κ1) is 11.9. The molecule has 0 rings (SSSR count). The predicted molar refractivity (Wildman–Crippen MR) is 53.2 cm³/mol. The first-order valence-corrected chi connectivity index (χ1v) is 4.27. The van der Waals surface area contributed by atoms with Crippen LogP contribution in [0.2, 0.25) is 0 Å². The quantitative estimate of drug-likeness (QED) is 0.666. The summed E-state index contributed by atoms with van der Waals surface area (Å²) in [6.45, 7) is 7.30. The van der Waals surface area contributed by atoms with Crippen LogP contribution in [0.3, 0.4) is 0 Å². The second-order valence-corrected chi connectivity index (χ2v) is 3.84. The molecule has 1 amide bonds. The summed E-state index contributed by atoms with van der Waals surface area (Å²) < 4.78 is 5.04. The average molecular weight is 186 g/mol. The number of rotatable bonds is 2. The SMILES string of the molecule is CN=CC(C)NC(=O)OC(C)(C)C. The van der Waals surface area contributed by atoms with E-state index in [2.05, 4.69) is 10.3 Å². The molecule has 0 saturated carbocycles. The predicted octanol–water partition coefficient (Wildman–Crippen LogP) is 1.60. The van der Waals surface area contributed by atoms with E-state index in [9.17, 15) is 4.79 Å². The molecule has 13 heavy (non-hydrogen) atoms. The van der Waals surface area contributed by atoms with E-state index < -0.39 is 11.7 Å². The van der Waals surface area contributed by atoms with Crippen LogP contribution in [0.4, 0.5) is 4.79 Å². The van der Waals surface area contributed by atoms with Gasteiger partial charge in [0.05, 0.1) is 6.04 Å². The number of alkyl carbamates (subject to hydrolysis) is 1. The van der Waals surface area contributed by atoms with Crippen molar-refractivity contribution in [3.63, 3.8) is 0 Å². The van der Waals surface area contributed by atoms with Crippen LogP contribution in [0.15, 0.2) is 4.99 Å². The zero-order chi connectivity index (χ0) is 10.5. The van der Waals surface area contributed by atoms with Crippen LogP contribution < -0.4 is 5.32 Å². The number of nitrogens with one attached hydrogen (secondary N) is 1. The minimum Gasteiger partial charge on any atom is -0.444 e. The Balaban J connectivity index is 3.88. The first-order chi connectivity index (χ1) is 5.85. The van der Waals surface area contributed by atoms with Crippen molar-refractivity contribution in [2.45, 2.75) is 39.3 Å². The lowest BCUT2D eigenvalue weighted by atomic mass is 10.2. The van der Waals surface area contributed by atoms with E-state index in [4.69, 9.17) is 4.74 Å². The van der Waals surface area contributed by atoms with Gasteiger partial charge in [0.1, 0.15) is 5.60 Å². The Morgan fingerprint density at radius 3 is 2.46 bits per heavy atom. The summed E-state index contributed by atoms with van der Waals surface area (Å²) in [6.07, 6.45) is 1.23. The minimum atomic E-state index is -0.451. The lowest BCUT2D eigenvalue weighted by Gasteiger charge is -2.20. The Bertz CT molecular complexity index is 194. The van der Waals surface area contributed by atoms with Crippen molar-refractivity contribution in [1.82, 2.24) is 5.32 Å². The van der Waals surface area contributed by atoms with E-state index in [1.165, 1.54) is 0 Å². The Kier molecular flexibility index (Phi) is 4.45. The molecule has 0 spiro atoms. The lowest BCUT2D eigenvalue weighted by molar-refractivity contribution is 0.0522. The second-order valence-electron chi connectivity index (χ2n) is 3.84. The van der Waals surface area contributed by atoms with E-state index in [0.29, 0.717) is 0 Å². The molecule has 0 aliphatic carbocycles. The maximum absolute atomic E-state index is 11.1. The molecule has 1 unspecified atom stereocenters. The number of hydrogen-bond acceptors (Lipinski definition) is 3. The highest BCUT2D eigenvalue weighted by molar-refractivity contribution is 5.74. The van der Waals surface area contributed by atoms with Gasteiger partial charge in [-0.1, -0.05) is 0 Å². The number of aliphatic imine (C=N–C) groups is 1. The zero-order valence-electron chi connectivity index (χ0n) is 8.92. The van der Waals surface area contributed by atoms with Gasteiger partial charge in [0.2, 0.25) is 0 Å². The van der Waals surface area contributed by atoms with E-state index in [-0.39, 0.29) is 6.04 Å². The average Bonchev–Trinajstić information content (AvgIpc) is 1.81. The van der Waals surface area contributed by atoms with Gasteiger partial charge in [-0.3, -0.25) is 4.99 Å². The van der Waals surface area contributed by atoms with Crippen molar-refractivity contribution in [3.05, 3.63) is 0 Å². The largest absolute Gasteiger partial charge is 0.444 e. The zero-order valence-corrected chi connectivity index (χ0v) is 8.92. The van der Waals surface area contributed by atoms with Gasteiger partial charge in [-0.25, -0.2) is 4.79 Å². The normalized spacial score (nSPS) is 14.2. The monoisotopic (exact) mass is 186 g/mol. The third-order valence-electron chi connectivity index (χ3n) is 1.12. The standard InChI is InChI=1S/C9H18N2O2/c1-7(6-10-5)11-8(12)13-9(2,3)4/h6-7H,1-5H3,(H,11,12). The van der Waals surface area contributed by atoms with Gasteiger partial charge in [0.15, 0.2) is 0 Å². The number of amides is 1. The molecule has 0 aromatic rings. The molecule has 0 bridgehead atoms. The van der Waals surface area contributed by atoms with Crippen LogP contribution in [0, 0.1) is 0 Å². The molecule has 76 valence electrons. The van der Waals surface area contributed by atoms with Crippen LogP contribution in [0.5, 0.6) is 0 Å². The highest BCUT2D eigenvalue weighted by Crippen LogP contribution is 2.06. The molecule has 0 aromatic heterocycles. The van der Waals surface area contributed by atoms with Crippen molar-refractivity contribution in [2.75, 3.05) is 7.05 Å². The molecular weight excluding hydrogens is 168 g/mol. The van der Waals surface area contributed by atoms with Crippen LogP contribution in [-0.2, 0) is 4.74 Å². The highest BCUT2D eigenvalue weighted by Gasteiger charge is 2.16. The molecule has 0 aliphatic rings. The fourth-order valence-corrected chi connectivity index (χ4v) is 0.754. The summed E-state index contributed by atoms with van der Waals surface area (Å²) in [5.74, 6) is 0. The van der Waals surface area contributed by atoms with Gasteiger partial charge >= 0.3 is 6.09 Å². The van der Waals surface area contributed by atoms with Crippen LogP contribution >= 0.6 is 0 Å². The highest BCUT2D eigenvalue weighted by atomic mass is 16.6. The smallest absolute Gasteiger partial charge is 0.408 e. The fourth-order valence-electron chi connectivity index (χ4n) is 0.754. The van der Waals surface area contributed by atoms with Crippen molar-refractivity contribution in [1.29, 1.82) is 0 Å². The summed E-state index contributed by atoms with van der Waals surface area (Å²) in [5.41, 5.74) is -0.451. The van der Waals surface area contributed by atoms with Crippen molar-refractivity contribution in [2.24, 2.45) is 4.99 Å². The van der Waals surface area contributed by atoms with Gasteiger partial charge in [0, 0.05) is 13.3 Å². The molecule has 0 aromatic carbocycles. The van der Waals surface area contributed by atoms with E-state index in [0.717, 1.165) is 0 Å². The summed E-state index contributed by atoms with van der Waals surface area (Å²) in [5, 5.41) is 2.63. The van der Waals surface area contributed by atoms with E-state index in [1.54, 1.807) is 13.3 Å². The van der Waals surface area contributed by atoms with Gasteiger partial charge in [-0.05, 0) is 27.7 Å². The summed E-state index contributed by atoms with van der Waals surface area (Å²) in [4.78, 5) is 14.9. The Morgan fingerprint density at radius 1 is 1.54 bits per heavy atom. The van der Waals surface area contributed by atoms with E-state index in [1.807, 2.05) is 27.7 Å². The summed E-state index contributed by atoms with van der Waals surface area (Å²) in [7, 11) is 1.66. The summed E-state index contributed by atoms with van der Waals surface area (Å²) in [6, 6.07) is -0.0974. The third kappa shape index (κ3) is 7.31. The molecular formula is C9H18N2O2. The van der Waals surface area contributed by atoms with Gasteiger partial charge in [0.25, 0.3) is 0 Å². The maximum Gasteiger partial charge on any atom is 0.408 e. The fraction of sp³-hybridized carbons (Fsp3) is 0.778. The van der Waals surface area contributed by atoms with E-state index >= 15 is 0 Å². The molecule has 0 saturated heterocycles. The molecule has 4 heteroatoms. The van der Waals surface area contributed by atoms with Gasteiger partial charge < -0.3 is 10.1 Å². The molecule has 1 atom stereocenters.